The maximum Gasteiger partial charge on any atom is 0.337 e. The standard InChI is InChI=1S/C12H22O3/c1-3-5-6-7-8-9-10-11(15-10)12(13)14-4-2/h10-11H,3-9H2,1-2H3. The van der Waals surface area contributed by atoms with Crippen LogP contribution in [0.3, 0.4) is 0 Å². The quantitative estimate of drug-likeness (QED) is 0.354. The number of carbonyl (C=O) groups excluding carboxylic acids is 1. The average molecular weight is 214 g/mol. The summed E-state index contributed by atoms with van der Waals surface area (Å²) < 4.78 is 10.1. The third-order valence-electron chi connectivity index (χ3n) is 2.69. The molecule has 2 atom stereocenters. The zero-order chi connectivity index (χ0) is 11.1. The van der Waals surface area contributed by atoms with Gasteiger partial charge in [-0.05, 0) is 13.3 Å². The maximum atomic E-state index is 11.2. The highest BCUT2D eigenvalue weighted by Crippen LogP contribution is 2.28. The minimum Gasteiger partial charge on any atom is -0.464 e. The van der Waals surface area contributed by atoms with Gasteiger partial charge in [-0.1, -0.05) is 39.0 Å². The Kier molecular flexibility index (Phi) is 5.69. The molecule has 0 aliphatic carbocycles. The summed E-state index contributed by atoms with van der Waals surface area (Å²) >= 11 is 0. The summed E-state index contributed by atoms with van der Waals surface area (Å²) in [6.45, 7) is 4.47. The molecule has 0 spiro atoms. The first-order valence-corrected chi connectivity index (χ1v) is 6.11. The SMILES string of the molecule is CCCCCCCC1OC1C(=O)OCC. The topological polar surface area (TPSA) is 38.8 Å². The Balaban J connectivity index is 1.95. The Hall–Kier alpha value is -0.570. The lowest BCUT2D eigenvalue weighted by atomic mass is 10.1. The highest BCUT2D eigenvalue weighted by atomic mass is 16.6. The molecule has 0 N–H and O–H groups in total. The predicted octanol–water partition coefficient (Wildman–Crippen LogP) is 2.68. The van der Waals surface area contributed by atoms with Crippen molar-refractivity contribution in [3.63, 3.8) is 0 Å². The van der Waals surface area contributed by atoms with E-state index in [2.05, 4.69) is 6.92 Å². The molecule has 1 aliphatic rings. The third kappa shape index (κ3) is 4.65. The largest absolute Gasteiger partial charge is 0.464 e. The van der Waals surface area contributed by atoms with Crippen LogP contribution in [-0.4, -0.2) is 24.8 Å². The summed E-state index contributed by atoms with van der Waals surface area (Å²) in [4.78, 5) is 11.2. The van der Waals surface area contributed by atoms with Crippen molar-refractivity contribution in [1.29, 1.82) is 0 Å². The molecule has 1 saturated heterocycles. The van der Waals surface area contributed by atoms with Gasteiger partial charge in [0, 0.05) is 0 Å². The minimum absolute atomic E-state index is 0.144. The summed E-state index contributed by atoms with van der Waals surface area (Å²) in [6, 6.07) is 0. The van der Waals surface area contributed by atoms with E-state index in [0.717, 1.165) is 6.42 Å². The Morgan fingerprint density at radius 1 is 1.20 bits per heavy atom. The molecule has 15 heavy (non-hydrogen) atoms. The molecule has 3 nitrogen and oxygen atoms in total. The van der Waals surface area contributed by atoms with Crippen molar-refractivity contribution >= 4 is 5.97 Å². The van der Waals surface area contributed by atoms with Gasteiger partial charge in [0.1, 0.15) is 0 Å². The number of hydrogen-bond donors (Lipinski definition) is 0. The molecule has 1 rings (SSSR count). The molecule has 0 aromatic carbocycles. The van der Waals surface area contributed by atoms with Gasteiger partial charge in [0.15, 0.2) is 6.10 Å². The summed E-state index contributed by atoms with van der Waals surface area (Å²) in [7, 11) is 0. The Morgan fingerprint density at radius 2 is 1.93 bits per heavy atom. The van der Waals surface area contributed by atoms with E-state index in [0.29, 0.717) is 6.61 Å². The van der Waals surface area contributed by atoms with Crippen molar-refractivity contribution in [3.8, 4) is 0 Å². The molecule has 0 aromatic rings. The first-order chi connectivity index (χ1) is 7.29. The van der Waals surface area contributed by atoms with Crippen molar-refractivity contribution in [1.82, 2.24) is 0 Å². The van der Waals surface area contributed by atoms with Crippen LogP contribution in [0, 0.1) is 0 Å². The number of rotatable bonds is 8. The number of esters is 1. The van der Waals surface area contributed by atoms with Crippen LogP contribution in [0.15, 0.2) is 0 Å². The lowest BCUT2D eigenvalue weighted by molar-refractivity contribution is -0.144. The second-order valence-electron chi connectivity index (χ2n) is 4.05. The zero-order valence-corrected chi connectivity index (χ0v) is 9.83. The minimum atomic E-state index is -0.254. The van der Waals surface area contributed by atoms with Gasteiger partial charge in [0.25, 0.3) is 0 Å². The Labute approximate surface area is 92.1 Å². The van der Waals surface area contributed by atoms with Crippen molar-refractivity contribution in [2.75, 3.05) is 6.61 Å². The fourth-order valence-corrected chi connectivity index (χ4v) is 1.74. The van der Waals surface area contributed by atoms with Crippen molar-refractivity contribution in [2.45, 2.75) is 64.6 Å². The second-order valence-corrected chi connectivity index (χ2v) is 4.05. The maximum absolute atomic E-state index is 11.2. The summed E-state index contributed by atoms with van der Waals surface area (Å²) in [5, 5.41) is 0. The number of ether oxygens (including phenoxy) is 2. The van der Waals surface area contributed by atoms with Gasteiger partial charge in [-0.2, -0.15) is 0 Å². The molecule has 0 radical (unpaired) electrons. The fraction of sp³-hybridized carbons (Fsp3) is 0.917. The lowest BCUT2D eigenvalue weighted by Gasteiger charge is -1.98. The number of unbranched alkanes of at least 4 members (excludes halogenated alkanes) is 4. The second kappa shape index (κ2) is 6.83. The summed E-state index contributed by atoms with van der Waals surface area (Å²) in [6.07, 6.45) is 7.20. The Morgan fingerprint density at radius 3 is 2.60 bits per heavy atom. The highest BCUT2D eigenvalue weighted by molar-refractivity contribution is 5.77. The molecule has 1 fully saturated rings. The van der Waals surface area contributed by atoms with E-state index in [4.69, 9.17) is 9.47 Å². The van der Waals surface area contributed by atoms with E-state index in [1.165, 1.54) is 32.1 Å². The van der Waals surface area contributed by atoms with Gasteiger partial charge in [-0.15, -0.1) is 0 Å². The van der Waals surface area contributed by atoms with E-state index >= 15 is 0 Å². The predicted molar refractivity (Wildman–Crippen MR) is 58.7 cm³/mol. The summed E-state index contributed by atoms with van der Waals surface area (Å²) in [5.74, 6) is -0.184. The monoisotopic (exact) mass is 214 g/mol. The van der Waals surface area contributed by atoms with Crippen LogP contribution < -0.4 is 0 Å². The number of carbonyl (C=O) groups is 1. The van der Waals surface area contributed by atoms with Crippen LogP contribution in [0.5, 0.6) is 0 Å². The fourth-order valence-electron chi connectivity index (χ4n) is 1.74. The molecule has 3 heteroatoms. The van der Waals surface area contributed by atoms with Gasteiger partial charge in [0.2, 0.25) is 0 Å². The molecular weight excluding hydrogens is 192 g/mol. The van der Waals surface area contributed by atoms with Crippen LogP contribution in [0.4, 0.5) is 0 Å². The van der Waals surface area contributed by atoms with E-state index in [-0.39, 0.29) is 18.2 Å². The molecule has 1 aliphatic heterocycles. The van der Waals surface area contributed by atoms with Crippen LogP contribution in [0.1, 0.15) is 52.4 Å². The Bertz CT molecular complexity index is 191. The van der Waals surface area contributed by atoms with Gasteiger partial charge in [-0.25, -0.2) is 4.79 Å². The van der Waals surface area contributed by atoms with Crippen molar-refractivity contribution in [3.05, 3.63) is 0 Å². The number of epoxide rings is 1. The van der Waals surface area contributed by atoms with E-state index in [1.807, 2.05) is 6.92 Å². The molecule has 2 unspecified atom stereocenters. The van der Waals surface area contributed by atoms with Gasteiger partial charge >= 0.3 is 5.97 Å². The third-order valence-corrected chi connectivity index (χ3v) is 2.69. The lowest BCUT2D eigenvalue weighted by Crippen LogP contribution is -2.13. The smallest absolute Gasteiger partial charge is 0.337 e. The van der Waals surface area contributed by atoms with Gasteiger partial charge < -0.3 is 9.47 Å². The van der Waals surface area contributed by atoms with Crippen LogP contribution in [0.2, 0.25) is 0 Å². The van der Waals surface area contributed by atoms with Crippen LogP contribution in [-0.2, 0) is 14.3 Å². The molecule has 0 saturated carbocycles. The normalized spacial score (nSPS) is 23.9. The molecule has 0 bridgehead atoms. The molecule has 0 amide bonds. The zero-order valence-electron chi connectivity index (χ0n) is 9.83. The molecule has 0 aromatic heterocycles. The molecular formula is C12H22O3. The molecule has 1 heterocycles. The van der Waals surface area contributed by atoms with E-state index < -0.39 is 0 Å². The number of hydrogen-bond acceptors (Lipinski definition) is 3. The van der Waals surface area contributed by atoms with E-state index in [9.17, 15) is 4.79 Å². The van der Waals surface area contributed by atoms with Crippen LogP contribution >= 0.6 is 0 Å². The first-order valence-electron chi connectivity index (χ1n) is 6.11. The van der Waals surface area contributed by atoms with E-state index in [1.54, 1.807) is 0 Å². The van der Waals surface area contributed by atoms with Crippen molar-refractivity contribution in [2.24, 2.45) is 0 Å². The first kappa shape index (κ1) is 12.5. The highest BCUT2D eigenvalue weighted by Gasteiger charge is 2.45. The van der Waals surface area contributed by atoms with Crippen molar-refractivity contribution < 1.29 is 14.3 Å². The van der Waals surface area contributed by atoms with Gasteiger partial charge in [0.05, 0.1) is 12.7 Å². The summed E-state index contributed by atoms with van der Waals surface area (Å²) in [5.41, 5.74) is 0. The van der Waals surface area contributed by atoms with Gasteiger partial charge in [-0.3, -0.25) is 0 Å². The molecule has 88 valence electrons. The van der Waals surface area contributed by atoms with Crippen LogP contribution in [0.25, 0.3) is 0 Å². The average Bonchev–Trinajstić information content (AvgIpc) is 2.97.